The maximum atomic E-state index is 13.4. The second kappa shape index (κ2) is 9.65. The number of hydrogen-bond acceptors (Lipinski definition) is 4. The van der Waals surface area contributed by atoms with Gasteiger partial charge in [-0.05, 0) is 35.2 Å². The van der Waals surface area contributed by atoms with E-state index in [4.69, 9.17) is 5.73 Å². The number of nitrogens with two attached hydrogens (primary N) is 1. The number of sulfonamides is 1. The zero-order valence-electron chi connectivity index (χ0n) is 17.7. The monoisotopic (exact) mass is 449 g/mol. The Hall–Kier alpha value is -3.00. The fourth-order valence-electron chi connectivity index (χ4n) is 3.86. The average Bonchev–Trinajstić information content (AvgIpc) is 3.63. The number of nitrogens with zero attached hydrogens (tertiary/aromatic N) is 1. The van der Waals surface area contributed by atoms with Crippen molar-refractivity contribution in [1.82, 2.24) is 9.62 Å². The molecular weight excluding hydrogens is 422 g/mol. The Labute approximate surface area is 189 Å². The second-order valence-electron chi connectivity index (χ2n) is 7.98. The van der Waals surface area contributed by atoms with Gasteiger partial charge in [0, 0.05) is 25.0 Å². The minimum absolute atomic E-state index is 0.0892. The van der Waals surface area contributed by atoms with Crippen molar-refractivity contribution in [3.63, 3.8) is 0 Å². The lowest BCUT2D eigenvalue weighted by Gasteiger charge is -2.22. The highest BCUT2D eigenvalue weighted by atomic mass is 32.2. The fourth-order valence-corrected chi connectivity index (χ4v) is 5.51. The van der Waals surface area contributed by atoms with Gasteiger partial charge in [0.25, 0.3) is 0 Å². The molecule has 1 fully saturated rings. The van der Waals surface area contributed by atoms with Crippen LogP contribution >= 0.6 is 0 Å². The molecule has 0 saturated heterocycles. The summed E-state index contributed by atoms with van der Waals surface area (Å²) in [5.74, 6) is -0.239. The van der Waals surface area contributed by atoms with Crippen LogP contribution in [0.2, 0.25) is 0 Å². The molecule has 0 spiro atoms. The molecule has 0 aliphatic heterocycles. The van der Waals surface area contributed by atoms with Crippen molar-refractivity contribution in [2.45, 2.75) is 36.4 Å². The molecule has 1 aliphatic carbocycles. The van der Waals surface area contributed by atoms with E-state index in [9.17, 15) is 13.2 Å². The molecule has 1 amide bonds. The van der Waals surface area contributed by atoms with Gasteiger partial charge in [-0.25, -0.2) is 8.42 Å². The van der Waals surface area contributed by atoms with Crippen LogP contribution in [-0.2, 0) is 27.9 Å². The number of nitrogens with one attached hydrogen (secondary N) is 1. The quantitative estimate of drug-likeness (QED) is 0.525. The Morgan fingerprint density at radius 2 is 1.50 bits per heavy atom. The summed E-state index contributed by atoms with van der Waals surface area (Å²) in [6.07, 6.45) is 0.698. The van der Waals surface area contributed by atoms with E-state index in [1.54, 1.807) is 30.3 Å². The van der Waals surface area contributed by atoms with Crippen LogP contribution in [0.5, 0.6) is 0 Å². The van der Waals surface area contributed by atoms with Gasteiger partial charge in [0.15, 0.2) is 0 Å². The number of hydrogen-bond donors (Lipinski definition) is 2. The summed E-state index contributed by atoms with van der Waals surface area (Å²) in [5.41, 5.74) is 8.66. The predicted molar refractivity (Wildman–Crippen MR) is 124 cm³/mol. The summed E-state index contributed by atoms with van der Waals surface area (Å²) in [6, 6.07) is 25.6. The third-order valence-corrected chi connectivity index (χ3v) is 7.64. The maximum Gasteiger partial charge on any atom is 0.243 e. The van der Waals surface area contributed by atoms with Crippen LogP contribution in [0, 0.1) is 0 Å². The molecule has 2 unspecified atom stereocenters. The van der Waals surface area contributed by atoms with Crippen molar-refractivity contribution in [3.05, 3.63) is 102 Å². The first-order valence-electron chi connectivity index (χ1n) is 10.7. The van der Waals surface area contributed by atoms with Gasteiger partial charge < -0.3 is 11.1 Å². The lowest BCUT2D eigenvalue weighted by atomic mass is 10.1. The molecular formula is C25H27N3O3S. The van der Waals surface area contributed by atoms with Crippen molar-refractivity contribution in [3.8, 4) is 0 Å². The zero-order valence-corrected chi connectivity index (χ0v) is 18.5. The lowest BCUT2D eigenvalue weighted by molar-refractivity contribution is -0.121. The van der Waals surface area contributed by atoms with Gasteiger partial charge in [0.05, 0.1) is 11.4 Å². The zero-order chi connectivity index (χ0) is 22.6. The summed E-state index contributed by atoms with van der Waals surface area (Å²) in [6.45, 7) is 0.574. The van der Waals surface area contributed by atoms with E-state index in [-0.39, 0.29) is 29.3 Å². The van der Waals surface area contributed by atoms with E-state index < -0.39 is 10.0 Å². The van der Waals surface area contributed by atoms with Crippen LogP contribution < -0.4 is 11.1 Å². The molecule has 3 aromatic rings. The number of carbonyl (C=O) groups is 1. The maximum absolute atomic E-state index is 13.4. The molecule has 4 rings (SSSR count). The number of amides is 1. The summed E-state index contributed by atoms with van der Waals surface area (Å²) in [7, 11) is -3.81. The van der Waals surface area contributed by atoms with E-state index in [2.05, 4.69) is 5.32 Å². The molecule has 1 aliphatic rings. The van der Waals surface area contributed by atoms with Crippen molar-refractivity contribution >= 4 is 15.9 Å². The molecule has 6 nitrogen and oxygen atoms in total. The molecule has 1 saturated carbocycles. The highest BCUT2D eigenvalue weighted by molar-refractivity contribution is 7.89. The first-order valence-corrected chi connectivity index (χ1v) is 12.1. The van der Waals surface area contributed by atoms with Gasteiger partial charge in [0.1, 0.15) is 0 Å². The molecule has 0 aromatic heterocycles. The Bertz CT molecular complexity index is 1150. The Balaban J connectivity index is 1.49. The van der Waals surface area contributed by atoms with Crippen molar-refractivity contribution in [2.75, 3.05) is 6.54 Å². The Morgan fingerprint density at radius 1 is 0.906 bits per heavy atom. The molecule has 0 heterocycles. The number of rotatable bonds is 9. The van der Waals surface area contributed by atoms with Gasteiger partial charge >= 0.3 is 0 Å². The number of carbonyl (C=O) groups excluding carboxylic acids is 1. The van der Waals surface area contributed by atoms with Crippen LogP contribution in [-0.4, -0.2) is 31.2 Å². The van der Waals surface area contributed by atoms with E-state index in [1.165, 1.54) is 4.31 Å². The molecule has 166 valence electrons. The second-order valence-corrected chi connectivity index (χ2v) is 9.87. The molecule has 0 bridgehead atoms. The molecule has 32 heavy (non-hydrogen) atoms. The summed E-state index contributed by atoms with van der Waals surface area (Å²) in [5, 5.41) is 2.85. The van der Waals surface area contributed by atoms with Crippen molar-refractivity contribution < 1.29 is 13.2 Å². The smallest absolute Gasteiger partial charge is 0.243 e. The molecule has 2 atom stereocenters. The van der Waals surface area contributed by atoms with Gasteiger partial charge in [-0.1, -0.05) is 72.8 Å². The summed E-state index contributed by atoms with van der Waals surface area (Å²) >= 11 is 0. The minimum atomic E-state index is -3.81. The first-order chi connectivity index (χ1) is 15.5. The van der Waals surface area contributed by atoms with E-state index >= 15 is 0 Å². The van der Waals surface area contributed by atoms with Gasteiger partial charge in [0.2, 0.25) is 15.9 Å². The van der Waals surface area contributed by atoms with E-state index in [1.807, 2.05) is 54.6 Å². The molecule has 7 heteroatoms. The highest BCUT2D eigenvalue weighted by Gasteiger charge is 2.48. The molecule has 0 radical (unpaired) electrons. The van der Waals surface area contributed by atoms with E-state index in [0.29, 0.717) is 19.5 Å². The van der Waals surface area contributed by atoms with Crippen molar-refractivity contribution in [1.29, 1.82) is 0 Å². The van der Waals surface area contributed by atoms with Gasteiger partial charge in [-0.2, -0.15) is 4.31 Å². The third-order valence-electron chi connectivity index (χ3n) is 5.75. The average molecular weight is 450 g/mol. The predicted octanol–water partition coefficient (Wildman–Crippen LogP) is 3.01. The van der Waals surface area contributed by atoms with Crippen molar-refractivity contribution in [2.24, 2.45) is 5.73 Å². The third kappa shape index (κ3) is 5.07. The topological polar surface area (TPSA) is 92.5 Å². The van der Waals surface area contributed by atoms with Crippen LogP contribution in [0.15, 0.2) is 89.8 Å². The Kier molecular flexibility index (Phi) is 6.69. The summed E-state index contributed by atoms with van der Waals surface area (Å²) < 4.78 is 28.2. The first kappa shape index (κ1) is 22.2. The van der Waals surface area contributed by atoms with Gasteiger partial charge in [-0.15, -0.1) is 0 Å². The molecule has 3 aromatic carbocycles. The standard InChI is InChI=1S/C25H27N3O3S/c26-16-19-11-13-20(14-12-19)17-27-25(29)18-28(32(30,31)22-9-5-2-6-10-22)24-15-23(24)21-7-3-1-4-8-21/h1-14,23-24H,15-18,26H2,(H,27,29). The summed E-state index contributed by atoms with van der Waals surface area (Å²) in [4.78, 5) is 13.0. The SMILES string of the molecule is NCc1ccc(CNC(=O)CN(C2CC2c2ccccc2)S(=O)(=O)c2ccccc2)cc1. The van der Waals surface area contributed by atoms with Gasteiger partial charge in [-0.3, -0.25) is 4.79 Å². The normalized spacial score (nSPS) is 17.8. The van der Waals surface area contributed by atoms with Crippen LogP contribution in [0.3, 0.4) is 0 Å². The molecule has 3 N–H and O–H groups in total. The highest BCUT2D eigenvalue weighted by Crippen LogP contribution is 2.46. The van der Waals surface area contributed by atoms with Crippen LogP contribution in [0.25, 0.3) is 0 Å². The number of benzene rings is 3. The minimum Gasteiger partial charge on any atom is -0.351 e. The lowest BCUT2D eigenvalue weighted by Crippen LogP contribution is -2.42. The fraction of sp³-hybridized carbons (Fsp3) is 0.240. The van der Waals surface area contributed by atoms with Crippen LogP contribution in [0.1, 0.15) is 29.0 Å². The Morgan fingerprint density at radius 3 is 2.12 bits per heavy atom. The largest absolute Gasteiger partial charge is 0.351 e. The van der Waals surface area contributed by atoms with Crippen LogP contribution in [0.4, 0.5) is 0 Å². The van der Waals surface area contributed by atoms with E-state index in [0.717, 1.165) is 16.7 Å².